The van der Waals surface area contributed by atoms with E-state index in [0.29, 0.717) is 5.56 Å². The van der Waals surface area contributed by atoms with E-state index in [9.17, 15) is 4.79 Å². The van der Waals surface area contributed by atoms with Crippen molar-refractivity contribution < 1.29 is 9.90 Å². The Kier molecular flexibility index (Phi) is 3.69. The zero-order chi connectivity index (χ0) is 10.7. The van der Waals surface area contributed by atoms with E-state index in [1.54, 1.807) is 6.07 Å². The number of carboxylic acids is 1. The van der Waals surface area contributed by atoms with Crippen LogP contribution in [0.3, 0.4) is 0 Å². The summed E-state index contributed by atoms with van der Waals surface area (Å²) in [7, 11) is 0. The molecule has 0 saturated heterocycles. The Labute approximate surface area is 90.6 Å². The van der Waals surface area contributed by atoms with Crippen molar-refractivity contribution in [2.75, 3.05) is 0 Å². The lowest BCUT2D eigenvalue weighted by Gasteiger charge is -2.07. The molecule has 0 saturated carbocycles. The van der Waals surface area contributed by atoms with Gasteiger partial charge < -0.3 is 10.8 Å². The first kappa shape index (κ1) is 11.2. The van der Waals surface area contributed by atoms with Gasteiger partial charge in [-0.1, -0.05) is 29.3 Å². The number of rotatable bonds is 3. The van der Waals surface area contributed by atoms with Crippen molar-refractivity contribution in [2.24, 2.45) is 5.73 Å². The number of halogens is 2. The molecule has 0 spiro atoms. The second-order valence-electron chi connectivity index (χ2n) is 2.73. The molecule has 0 amide bonds. The van der Waals surface area contributed by atoms with Gasteiger partial charge in [0.25, 0.3) is 0 Å². The second kappa shape index (κ2) is 4.59. The highest BCUT2D eigenvalue weighted by atomic mass is 35.5. The molecule has 0 aromatic carbocycles. The number of nitrogens with zero attached hydrogens (tertiary/aromatic N) is 1. The van der Waals surface area contributed by atoms with Crippen molar-refractivity contribution in [3.05, 3.63) is 28.0 Å². The van der Waals surface area contributed by atoms with E-state index in [1.165, 1.54) is 6.07 Å². The van der Waals surface area contributed by atoms with E-state index < -0.39 is 12.0 Å². The van der Waals surface area contributed by atoms with Crippen molar-refractivity contribution in [3.63, 3.8) is 0 Å². The minimum atomic E-state index is -1.07. The Hall–Kier alpha value is -0.840. The van der Waals surface area contributed by atoms with E-state index in [0.717, 1.165) is 0 Å². The minimum absolute atomic E-state index is 0.137. The topological polar surface area (TPSA) is 76.2 Å². The summed E-state index contributed by atoms with van der Waals surface area (Å²) in [4.78, 5) is 14.2. The third-order valence-electron chi connectivity index (χ3n) is 1.65. The number of hydrogen-bond acceptors (Lipinski definition) is 3. The largest absolute Gasteiger partial charge is 0.480 e. The molecule has 0 aliphatic rings. The van der Waals surface area contributed by atoms with Crippen molar-refractivity contribution in [3.8, 4) is 0 Å². The molecule has 14 heavy (non-hydrogen) atoms. The van der Waals surface area contributed by atoms with Crippen LogP contribution in [-0.2, 0) is 11.2 Å². The van der Waals surface area contributed by atoms with Gasteiger partial charge in [-0.3, -0.25) is 4.79 Å². The van der Waals surface area contributed by atoms with Crippen molar-refractivity contribution in [1.82, 2.24) is 4.98 Å². The second-order valence-corrected chi connectivity index (χ2v) is 3.48. The molecule has 1 rings (SSSR count). The van der Waals surface area contributed by atoms with Crippen LogP contribution < -0.4 is 5.73 Å². The fraction of sp³-hybridized carbons (Fsp3) is 0.250. The summed E-state index contributed by atoms with van der Waals surface area (Å²) in [5.41, 5.74) is 5.91. The van der Waals surface area contributed by atoms with Gasteiger partial charge in [-0.05, 0) is 11.6 Å². The molecule has 76 valence electrons. The third-order valence-corrected chi connectivity index (χ3v) is 2.19. The van der Waals surface area contributed by atoms with E-state index in [2.05, 4.69) is 4.98 Å². The maximum atomic E-state index is 10.5. The van der Waals surface area contributed by atoms with Crippen LogP contribution in [0.15, 0.2) is 12.1 Å². The van der Waals surface area contributed by atoms with Crippen LogP contribution >= 0.6 is 23.2 Å². The highest BCUT2D eigenvalue weighted by molar-refractivity contribution is 6.32. The molecule has 0 unspecified atom stereocenters. The molecule has 0 radical (unpaired) electrons. The smallest absolute Gasteiger partial charge is 0.320 e. The number of aliphatic carboxylic acids is 1. The van der Waals surface area contributed by atoms with Gasteiger partial charge in [-0.15, -0.1) is 0 Å². The Morgan fingerprint density at radius 2 is 2.21 bits per heavy atom. The molecule has 0 aliphatic carbocycles. The summed E-state index contributed by atoms with van der Waals surface area (Å²) in [6, 6.07) is 2.17. The third kappa shape index (κ3) is 2.83. The molecule has 1 aromatic heterocycles. The van der Waals surface area contributed by atoms with Crippen molar-refractivity contribution >= 4 is 29.2 Å². The maximum Gasteiger partial charge on any atom is 0.320 e. The van der Waals surface area contributed by atoms with Gasteiger partial charge in [0.15, 0.2) is 0 Å². The molecule has 0 fully saturated rings. The molecule has 6 heteroatoms. The quantitative estimate of drug-likeness (QED) is 0.775. The van der Waals surface area contributed by atoms with Gasteiger partial charge in [0.05, 0.1) is 0 Å². The number of aromatic nitrogens is 1. The van der Waals surface area contributed by atoms with Crippen LogP contribution in [0.5, 0.6) is 0 Å². The number of nitrogens with two attached hydrogens (primary N) is 1. The highest BCUT2D eigenvalue weighted by Gasteiger charge is 2.14. The molecular weight excluding hydrogens is 227 g/mol. The van der Waals surface area contributed by atoms with Gasteiger partial charge in [-0.25, -0.2) is 4.98 Å². The lowest BCUT2D eigenvalue weighted by molar-refractivity contribution is -0.138. The summed E-state index contributed by atoms with van der Waals surface area (Å²) in [6.45, 7) is 0. The first-order valence-electron chi connectivity index (χ1n) is 3.80. The van der Waals surface area contributed by atoms with Crippen LogP contribution in [0.2, 0.25) is 10.3 Å². The van der Waals surface area contributed by atoms with Gasteiger partial charge in [-0.2, -0.15) is 0 Å². The zero-order valence-corrected chi connectivity index (χ0v) is 8.59. The average Bonchev–Trinajstić information content (AvgIpc) is 2.09. The van der Waals surface area contributed by atoms with Gasteiger partial charge in [0.1, 0.15) is 16.3 Å². The Bertz CT molecular complexity index is 357. The molecular formula is C8H8Cl2N2O2. The van der Waals surface area contributed by atoms with Gasteiger partial charge >= 0.3 is 5.97 Å². The number of carbonyl (C=O) groups is 1. The van der Waals surface area contributed by atoms with Gasteiger partial charge in [0, 0.05) is 6.42 Å². The maximum absolute atomic E-state index is 10.5. The molecule has 3 N–H and O–H groups in total. The Morgan fingerprint density at radius 3 is 2.71 bits per heavy atom. The lowest BCUT2D eigenvalue weighted by Crippen LogP contribution is -2.32. The minimum Gasteiger partial charge on any atom is -0.480 e. The number of hydrogen-bond donors (Lipinski definition) is 2. The predicted molar refractivity (Wildman–Crippen MR) is 53.6 cm³/mol. The normalized spacial score (nSPS) is 12.5. The van der Waals surface area contributed by atoms with E-state index in [4.69, 9.17) is 34.0 Å². The van der Waals surface area contributed by atoms with E-state index >= 15 is 0 Å². The fourth-order valence-corrected chi connectivity index (χ4v) is 1.34. The van der Waals surface area contributed by atoms with E-state index in [1.807, 2.05) is 0 Å². The monoisotopic (exact) mass is 234 g/mol. The summed E-state index contributed by atoms with van der Waals surface area (Å²) in [5, 5.41) is 9.03. The number of pyridine rings is 1. The summed E-state index contributed by atoms with van der Waals surface area (Å²) in [6.07, 6.45) is 0.137. The molecule has 0 bridgehead atoms. The Morgan fingerprint density at radius 1 is 1.57 bits per heavy atom. The average molecular weight is 235 g/mol. The molecule has 4 nitrogen and oxygen atoms in total. The summed E-state index contributed by atoms with van der Waals surface area (Å²) >= 11 is 11.3. The summed E-state index contributed by atoms with van der Waals surface area (Å²) < 4.78 is 0. The van der Waals surface area contributed by atoms with Crippen LogP contribution in [0.1, 0.15) is 5.56 Å². The molecule has 1 atom stereocenters. The highest BCUT2D eigenvalue weighted by Crippen LogP contribution is 2.17. The SMILES string of the molecule is N[C@H](Cc1ccc(Cl)nc1Cl)C(=O)O. The molecule has 0 aliphatic heterocycles. The lowest BCUT2D eigenvalue weighted by atomic mass is 10.1. The van der Waals surface area contributed by atoms with Gasteiger partial charge in [0.2, 0.25) is 0 Å². The fourth-order valence-electron chi connectivity index (χ4n) is 0.917. The molecule has 1 heterocycles. The first-order chi connectivity index (χ1) is 6.50. The van der Waals surface area contributed by atoms with Crippen LogP contribution in [0.25, 0.3) is 0 Å². The zero-order valence-electron chi connectivity index (χ0n) is 7.08. The van der Waals surface area contributed by atoms with E-state index in [-0.39, 0.29) is 16.7 Å². The van der Waals surface area contributed by atoms with Crippen molar-refractivity contribution in [2.45, 2.75) is 12.5 Å². The van der Waals surface area contributed by atoms with Crippen LogP contribution in [0.4, 0.5) is 0 Å². The molecule has 1 aromatic rings. The first-order valence-corrected chi connectivity index (χ1v) is 4.55. The standard InChI is InChI=1S/C8H8Cl2N2O2/c9-6-2-1-4(7(10)12-6)3-5(11)8(13)14/h1-2,5H,3,11H2,(H,13,14)/t5-/m1/s1. The van der Waals surface area contributed by atoms with Crippen LogP contribution in [-0.4, -0.2) is 22.1 Å². The summed E-state index contributed by atoms with van der Waals surface area (Å²) in [5.74, 6) is -1.07. The van der Waals surface area contributed by atoms with Crippen LogP contribution in [0, 0.1) is 0 Å². The Balaban J connectivity index is 2.82. The predicted octanol–water partition coefficient (Wildman–Crippen LogP) is 1.34. The number of carboxylic acid groups (broad SMARTS) is 1. The van der Waals surface area contributed by atoms with Crippen molar-refractivity contribution in [1.29, 1.82) is 0 Å².